The predicted molar refractivity (Wildman–Crippen MR) is 88.5 cm³/mol. The number of aromatic nitrogens is 2. The molecule has 0 radical (unpaired) electrons. The fourth-order valence-electron chi connectivity index (χ4n) is 2.29. The number of unbranched alkanes of at least 4 members (excludes halogenated alkanes) is 1. The Labute approximate surface area is 132 Å². The van der Waals surface area contributed by atoms with Crippen molar-refractivity contribution in [2.75, 3.05) is 4.72 Å². The second-order valence-electron chi connectivity index (χ2n) is 5.31. The maximum absolute atomic E-state index is 12.4. The average molecular weight is 321 g/mol. The molecule has 22 heavy (non-hydrogen) atoms. The van der Waals surface area contributed by atoms with Crippen LogP contribution in [0.3, 0.4) is 0 Å². The zero-order valence-electron chi connectivity index (χ0n) is 13.3. The summed E-state index contributed by atoms with van der Waals surface area (Å²) in [5.41, 5.74) is 2.50. The Bertz CT molecular complexity index is 718. The van der Waals surface area contributed by atoms with Crippen LogP contribution in [0.1, 0.15) is 37.9 Å². The zero-order chi connectivity index (χ0) is 16.2. The molecule has 120 valence electrons. The first-order chi connectivity index (χ1) is 10.5. The monoisotopic (exact) mass is 321 g/mol. The highest BCUT2D eigenvalue weighted by molar-refractivity contribution is 7.92. The minimum atomic E-state index is -3.57. The van der Waals surface area contributed by atoms with Crippen molar-refractivity contribution in [1.82, 2.24) is 9.78 Å². The van der Waals surface area contributed by atoms with Gasteiger partial charge in [-0.2, -0.15) is 5.10 Å². The molecular formula is C16H23N3O2S. The summed E-state index contributed by atoms with van der Waals surface area (Å²) in [6, 6.07) is 7.08. The second kappa shape index (κ2) is 6.96. The van der Waals surface area contributed by atoms with Crippen LogP contribution in [0.2, 0.25) is 0 Å². The molecule has 0 amide bonds. The Hall–Kier alpha value is -1.82. The molecule has 1 aromatic carbocycles. The summed E-state index contributed by atoms with van der Waals surface area (Å²) in [6.07, 6.45) is 4.76. The summed E-state index contributed by atoms with van der Waals surface area (Å²) in [6.45, 7) is 6.66. The molecule has 1 heterocycles. The predicted octanol–water partition coefficient (Wildman–Crippen LogP) is 3.35. The molecule has 0 spiro atoms. The van der Waals surface area contributed by atoms with Gasteiger partial charge in [-0.25, -0.2) is 8.42 Å². The first-order valence-corrected chi connectivity index (χ1v) is 9.10. The number of benzene rings is 1. The van der Waals surface area contributed by atoms with E-state index in [1.54, 1.807) is 23.0 Å². The van der Waals surface area contributed by atoms with E-state index in [9.17, 15) is 8.42 Å². The first-order valence-electron chi connectivity index (χ1n) is 7.62. The van der Waals surface area contributed by atoms with Crippen molar-refractivity contribution in [2.45, 2.75) is 51.5 Å². The van der Waals surface area contributed by atoms with E-state index >= 15 is 0 Å². The van der Waals surface area contributed by atoms with Crippen molar-refractivity contribution >= 4 is 15.7 Å². The van der Waals surface area contributed by atoms with Crippen LogP contribution in [0.4, 0.5) is 5.69 Å². The molecule has 0 bridgehead atoms. The van der Waals surface area contributed by atoms with Crippen molar-refractivity contribution in [3.05, 3.63) is 41.7 Å². The van der Waals surface area contributed by atoms with Crippen LogP contribution >= 0.6 is 0 Å². The topological polar surface area (TPSA) is 64.0 Å². The maximum atomic E-state index is 12.4. The van der Waals surface area contributed by atoms with Crippen LogP contribution in [0.15, 0.2) is 35.4 Å². The van der Waals surface area contributed by atoms with Crippen molar-refractivity contribution in [2.24, 2.45) is 0 Å². The quantitative estimate of drug-likeness (QED) is 0.850. The average Bonchev–Trinajstić information content (AvgIpc) is 2.85. The standard InChI is InChI=1S/C16H23N3O2S/c1-4-6-7-14-8-10-15(11-9-14)22(20,21)18-16-12-17-19(5-2)13(16)3/h8-12,18H,4-7H2,1-3H3. The molecular weight excluding hydrogens is 298 g/mol. The largest absolute Gasteiger partial charge is 0.276 e. The van der Waals surface area contributed by atoms with Crippen LogP contribution in [-0.2, 0) is 23.0 Å². The number of aryl methyl sites for hydroxylation is 2. The van der Waals surface area contributed by atoms with Crippen molar-refractivity contribution in [3.63, 3.8) is 0 Å². The number of nitrogens with zero attached hydrogens (tertiary/aromatic N) is 2. The van der Waals surface area contributed by atoms with Gasteiger partial charge in [0.1, 0.15) is 0 Å². The van der Waals surface area contributed by atoms with Gasteiger partial charge in [-0.3, -0.25) is 9.40 Å². The smallest absolute Gasteiger partial charge is 0.262 e. The van der Waals surface area contributed by atoms with Crippen molar-refractivity contribution in [3.8, 4) is 0 Å². The number of hydrogen-bond donors (Lipinski definition) is 1. The SMILES string of the molecule is CCCCc1ccc(S(=O)(=O)Nc2cnn(CC)c2C)cc1. The summed E-state index contributed by atoms with van der Waals surface area (Å²) >= 11 is 0. The van der Waals surface area contributed by atoms with Gasteiger partial charge < -0.3 is 0 Å². The fourth-order valence-corrected chi connectivity index (χ4v) is 3.39. The summed E-state index contributed by atoms with van der Waals surface area (Å²) in [5.74, 6) is 0. The van der Waals surface area contributed by atoms with Crippen LogP contribution in [0, 0.1) is 6.92 Å². The first kappa shape index (κ1) is 16.5. The highest BCUT2D eigenvalue weighted by Gasteiger charge is 2.17. The Balaban J connectivity index is 2.17. The second-order valence-corrected chi connectivity index (χ2v) is 6.99. The lowest BCUT2D eigenvalue weighted by Crippen LogP contribution is -2.13. The molecule has 0 saturated heterocycles. The van der Waals surface area contributed by atoms with Gasteiger partial charge >= 0.3 is 0 Å². The van der Waals surface area contributed by atoms with Crippen molar-refractivity contribution in [1.29, 1.82) is 0 Å². The minimum absolute atomic E-state index is 0.274. The van der Waals surface area contributed by atoms with Gasteiger partial charge in [-0.05, 0) is 44.4 Å². The molecule has 2 rings (SSSR count). The lowest BCUT2D eigenvalue weighted by molar-refractivity contribution is 0.601. The highest BCUT2D eigenvalue weighted by Crippen LogP contribution is 2.20. The van der Waals surface area contributed by atoms with Gasteiger partial charge in [0.05, 0.1) is 22.5 Å². The normalized spacial score (nSPS) is 11.6. The van der Waals surface area contributed by atoms with Crippen LogP contribution < -0.4 is 4.72 Å². The highest BCUT2D eigenvalue weighted by atomic mass is 32.2. The van der Waals surface area contributed by atoms with Gasteiger partial charge in [0.15, 0.2) is 0 Å². The van der Waals surface area contributed by atoms with E-state index in [0.717, 1.165) is 30.5 Å². The summed E-state index contributed by atoms with van der Waals surface area (Å²) in [5, 5.41) is 4.15. The minimum Gasteiger partial charge on any atom is -0.276 e. The van der Waals surface area contributed by atoms with Crippen molar-refractivity contribution < 1.29 is 8.42 Å². The molecule has 0 fully saturated rings. The number of anilines is 1. The van der Waals surface area contributed by atoms with Gasteiger partial charge in [0.25, 0.3) is 10.0 Å². The number of nitrogens with one attached hydrogen (secondary N) is 1. The van der Waals surface area contributed by atoms with Gasteiger partial charge in [0.2, 0.25) is 0 Å². The molecule has 0 aliphatic rings. The van der Waals surface area contributed by atoms with Crippen LogP contribution in [0.5, 0.6) is 0 Å². The molecule has 0 aliphatic carbocycles. The van der Waals surface area contributed by atoms with E-state index in [-0.39, 0.29) is 4.90 Å². The molecule has 0 saturated carbocycles. The third kappa shape index (κ3) is 3.68. The summed E-state index contributed by atoms with van der Waals surface area (Å²) in [4.78, 5) is 0.274. The Kier molecular flexibility index (Phi) is 5.24. The van der Waals surface area contributed by atoms with E-state index in [1.165, 1.54) is 0 Å². The molecule has 6 heteroatoms. The third-order valence-corrected chi connectivity index (χ3v) is 5.08. The number of sulfonamides is 1. The lowest BCUT2D eigenvalue weighted by Gasteiger charge is -2.09. The Morgan fingerprint density at radius 2 is 1.86 bits per heavy atom. The van der Waals surface area contributed by atoms with E-state index in [0.29, 0.717) is 12.2 Å². The van der Waals surface area contributed by atoms with Gasteiger partial charge in [0, 0.05) is 6.54 Å². The molecule has 0 aliphatic heterocycles. The Morgan fingerprint density at radius 3 is 2.41 bits per heavy atom. The molecule has 5 nitrogen and oxygen atoms in total. The zero-order valence-corrected chi connectivity index (χ0v) is 14.2. The molecule has 1 N–H and O–H groups in total. The maximum Gasteiger partial charge on any atom is 0.262 e. The summed E-state index contributed by atoms with van der Waals surface area (Å²) < 4.78 is 29.2. The van der Waals surface area contributed by atoms with E-state index in [1.807, 2.05) is 26.0 Å². The lowest BCUT2D eigenvalue weighted by atomic mass is 10.1. The van der Waals surface area contributed by atoms with Gasteiger partial charge in [-0.1, -0.05) is 25.5 Å². The molecule has 0 unspecified atom stereocenters. The molecule has 0 atom stereocenters. The van der Waals surface area contributed by atoms with E-state index in [4.69, 9.17) is 0 Å². The fraction of sp³-hybridized carbons (Fsp3) is 0.438. The van der Waals surface area contributed by atoms with Crippen LogP contribution in [-0.4, -0.2) is 18.2 Å². The van der Waals surface area contributed by atoms with Crippen LogP contribution in [0.25, 0.3) is 0 Å². The van der Waals surface area contributed by atoms with E-state index in [2.05, 4.69) is 16.7 Å². The third-order valence-electron chi connectivity index (χ3n) is 3.70. The van der Waals surface area contributed by atoms with E-state index < -0.39 is 10.0 Å². The molecule has 2 aromatic rings. The molecule has 1 aromatic heterocycles. The van der Waals surface area contributed by atoms with Gasteiger partial charge in [-0.15, -0.1) is 0 Å². The number of hydrogen-bond acceptors (Lipinski definition) is 3. The Morgan fingerprint density at radius 1 is 1.18 bits per heavy atom. The number of rotatable bonds is 7. The summed E-state index contributed by atoms with van der Waals surface area (Å²) in [7, 11) is -3.57.